The zero-order chi connectivity index (χ0) is 16.3. The van der Waals surface area contributed by atoms with Crippen LogP contribution in [0.25, 0.3) is 0 Å². The molecule has 1 fully saturated rings. The van der Waals surface area contributed by atoms with Crippen molar-refractivity contribution in [3.05, 3.63) is 29.3 Å². The Morgan fingerprint density at radius 3 is 2.73 bits per heavy atom. The quantitative estimate of drug-likeness (QED) is 0.839. The van der Waals surface area contributed by atoms with Crippen molar-refractivity contribution in [2.24, 2.45) is 0 Å². The van der Waals surface area contributed by atoms with Gasteiger partial charge in [0.2, 0.25) is 11.8 Å². The topological polar surface area (TPSA) is 49.4 Å². The SMILES string of the molecule is Cc1ccc(NC(=O)CCCN2C(=O)C(C)SC2=S)c(C)c1. The molecule has 1 aliphatic rings. The van der Waals surface area contributed by atoms with Crippen LogP contribution in [-0.2, 0) is 9.59 Å². The van der Waals surface area contributed by atoms with E-state index in [-0.39, 0.29) is 17.1 Å². The second-order valence-electron chi connectivity index (χ2n) is 5.49. The van der Waals surface area contributed by atoms with Crippen molar-refractivity contribution in [1.29, 1.82) is 0 Å². The molecule has 0 bridgehead atoms. The molecule has 0 aliphatic carbocycles. The van der Waals surface area contributed by atoms with Crippen LogP contribution in [0.1, 0.15) is 30.9 Å². The number of thiocarbonyl (C=S) groups is 1. The molecular weight excluding hydrogens is 316 g/mol. The summed E-state index contributed by atoms with van der Waals surface area (Å²) < 4.78 is 0.618. The first-order chi connectivity index (χ1) is 10.4. The van der Waals surface area contributed by atoms with Crippen molar-refractivity contribution in [1.82, 2.24) is 4.90 Å². The second kappa shape index (κ2) is 7.24. The lowest BCUT2D eigenvalue weighted by Gasteiger charge is -2.15. The van der Waals surface area contributed by atoms with Crippen molar-refractivity contribution in [2.75, 3.05) is 11.9 Å². The van der Waals surface area contributed by atoms with Gasteiger partial charge < -0.3 is 5.32 Å². The summed E-state index contributed by atoms with van der Waals surface area (Å²) in [6.07, 6.45) is 0.981. The molecule has 0 spiro atoms. The van der Waals surface area contributed by atoms with E-state index in [1.807, 2.05) is 39.0 Å². The minimum atomic E-state index is -0.100. The molecule has 2 amide bonds. The van der Waals surface area contributed by atoms with Gasteiger partial charge in [-0.3, -0.25) is 14.5 Å². The van der Waals surface area contributed by atoms with Gasteiger partial charge in [0, 0.05) is 18.7 Å². The molecule has 1 saturated heterocycles. The molecule has 1 aromatic rings. The Labute approximate surface area is 140 Å². The fraction of sp³-hybridized carbons (Fsp3) is 0.438. The van der Waals surface area contributed by atoms with Crippen molar-refractivity contribution in [3.63, 3.8) is 0 Å². The molecule has 1 atom stereocenters. The lowest BCUT2D eigenvalue weighted by molar-refractivity contribution is -0.126. The molecule has 1 aromatic carbocycles. The van der Waals surface area contributed by atoms with E-state index in [9.17, 15) is 9.59 Å². The van der Waals surface area contributed by atoms with E-state index in [0.29, 0.717) is 23.7 Å². The normalized spacial score (nSPS) is 18.0. The van der Waals surface area contributed by atoms with Crippen LogP contribution >= 0.6 is 24.0 Å². The Bertz CT molecular complexity index is 616. The number of rotatable bonds is 5. The first-order valence-corrected chi connectivity index (χ1v) is 8.56. The maximum absolute atomic E-state index is 12.0. The van der Waals surface area contributed by atoms with Crippen LogP contribution in [0.4, 0.5) is 5.69 Å². The number of hydrogen-bond donors (Lipinski definition) is 1. The van der Waals surface area contributed by atoms with Crippen LogP contribution < -0.4 is 5.32 Å². The zero-order valence-corrected chi connectivity index (χ0v) is 14.6. The predicted octanol–water partition coefficient (Wildman–Crippen LogP) is 3.27. The Hall–Kier alpha value is -1.40. The van der Waals surface area contributed by atoms with Gasteiger partial charge in [-0.25, -0.2) is 0 Å². The largest absolute Gasteiger partial charge is 0.326 e. The predicted molar refractivity (Wildman–Crippen MR) is 95.1 cm³/mol. The van der Waals surface area contributed by atoms with Gasteiger partial charge >= 0.3 is 0 Å². The average molecular weight is 336 g/mol. The Kier molecular flexibility index (Phi) is 5.58. The number of aryl methyl sites for hydroxylation is 2. The van der Waals surface area contributed by atoms with Gasteiger partial charge in [0.1, 0.15) is 4.32 Å². The van der Waals surface area contributed by atoms with Crippen LogP contribution in [0.3, 0.4) is 0 Å². The molecule has 0 aromatic heterocycles. The van der Waals surface area contributed by atoms with Crippen molar-refractivity contribution >= 4 is 45.8 Å². The summed E-state index contributed by atoms with van der Waals surface area (Å²) >= 11 is 6.58. The fourth-order valence-corrected chi connectivity index (χ4v) is 3.79. The average Bonchev–Trinajstić information content (AvgIpc) is 2.68. The van der Waals surface area contributed by atoms with E-state index >= 15 is 0 Å². The number of hydrogen-bond acceptors (Lipinski definition) is 4. The van der Waals surface area contributed by atoms with Crippen LogP contribution in [0.5, 0.6) is 0 Å². The summed E-state index contributed by atoms with van der Waals surface area (Å²) in [6.45, 7) is 6.36. The summed E-state index contributed by atoms with van der Waals surface area (Å²) in [6, 6.07) is 5.93. The van der Waals surface area contributed by atoms with Gasteiger partial charge in [0.15, 0.2) is 0 Å². The summed E-state index contributed by atoms with van der Waals surface area (Å²) in [5.41, 5.74) is 3.06. The van der Waals surface area contributed by atoms with E-state index in [4.69, 9.17) is 12.2 Å². The van der Waals surface area contributed by atoms with E-state index in [2.05, 4.69) is 5.32 Å². The van der Waals surface area contributed by atoms with Gasteiger partial charge in [-0.2, -0.15) is 0 Å². The Balaban J connectivity index is 1.81. The van der Waals surface area contributed by atoms with Crippen molar-refractivity contribution in [2.45, 2.75) is 38.9 Å². The molecule has 118 valence electrons. The molecule has 6 heteroatoms. The maximum Gasteiger partial charge on any atom is 0.241 e. The van der Waals surface area contributed by atoms with Gasteiger partial charge in [0.05, 0.1) is 5.25 Å². The van der Waals surface area contributed by atoms with E-state index in [1.54, 1.807) is 4.90 Å². The molecule has 1 heterocycles. The van der Waals surface area contributed by atoms with Crippen LogP contribution in [0.15, 0.2) is 18.2 Å². The minimum Gasteiger partial charge on any atom is -0.326 e. The summed E-state index contributed by atoms with van der Waals surface area (Å²) in [7, 11) is 0. The van der Waals surface area contributed by atoms with E-state index in [0.717, 1.165) is 11.3 Å². The first-order valence-electron chi connectivity index (χ1n) is 7.27. The summed E-state index contributed by atoms with van der Waals surface area (Å²) in [4.78, 5) is 25.5. The molecule has 0 saturated carbocycles. The number of carbonyl (C=O) groups excluding carboxylic acids is 2. The minimum absolute atomic E-state index is 0.0368. The monoisotopic (exact) mass is 336 g/mol. The third-order valence-corrected chi connectivity index (χ3v) is 5.04. The third kappa shape index (κ3) is 4.08. The Morgan fingerprint density at radius 2 is 2.14 bits per heavy atom. The Morgan fingerprint density at radius 1 is 1.41 bits per heavy atom. The lowest BCUT2D eigenvalue weighted by atomic mass is 10.1. The van der Waals surface area contributed by atoms with Gasteiger partial charge in [-0.15, -0.1) is 0 Å². The molecule has 2 rings (SSSR count). The molecule has 1 unspecified atom stereocenters. The highest BCUT2D eigenvalue weighted by molar-refractivity contribution is 8.24. The standard InChI is InChI=1S/C16H20N2O2S2/c1-10-6-7-13(11(2)9-10)17-14(19)5-4-8-18-15(20)12(3)22-16(18)21/h6-7,9,12H,4-5,8H2,1-3H3,(H,17,19). The zero-order valence-electron chi connectivity index (χ0n) is 13.0. The number of amides is 2. The number of benzene rings is 1. The first kappa shape index (κ1) is 17.0. The van der Waals surface area contributed by atoms with E-state index < -0.39 is 0 Å². The number of thioether (sulfide) groups is 1. The third-order valence-electron chi connectivity index (χ3n) is 3.55. The van der Waals surface area contributed by atoms with Gasteiger partial charge in [0.25, 0.3) is 0 Å². The highest BCUT2D eigenvalue weighted by atomic mass is 32.2. The van der Waals surface area contributed by atoms with E-state index in [1.165, 1.54) is 17.3 Å². The number of nitrogens with zero attached hydrogens (tertiary/aromatic N) is 1. The maximum atomic E-state index is 12.0. The molecule has 0 radical (unpaired) electrons. The summed E-state index contributed by atoms with van der Waals surface area (Å²) in [5, 5.41) is 2.81. The molecule has 4 nitrogen and oxygen atoms in total. The molecule has 1 N–H and O–H groups in total. The highest BCUT2D eigenvalue weighted by Crippen LogP contribution is 2.27. The van der Waals surface area contributed by atoms with Crippen molar-refractivity contribution in [3.8, 4) is 0 Å². The molecule has 22 heavy (non-hydrogen) atoms. The van der Waals surface area contributed by atoms with Crippen LogP contribution in [-0.4, -0.2) is 32.8 Å². The number of anilines is 1. The van der Waals surface area contributed by atoms with Crippen LogP contribution in [0, 0.1) is 13.8 Å². The molecule has 1 aliphatic heterocycles. The molecular formula is C16H20N2O2S2. The van der Waals surface area contributed by atoms with Gasteiger partial charge in [-0.1, -0.05) is 41.7 Å². The fourth-order valence-electron chi connectivity index (χ4n) is 2.34. The number of nitrogens with one attached hydrogen (secondary N) is 1. The lowest BCUT2D eigenvalue weighted by Crippen LogP contribution is -2.32. The number of carbonyl (C=O) groups is 2. The second-order valence-corrected chi connectivity index (χ2v) is 7.46. The smallest absolute Gasteiger partial charge is 0.241 e. The summed E-state index contributed by atoms with van der Waals surface area (Å²) in [5.74, 6) is 0.00926. The van der Waals surface area contributed by atoms with Crippen LogP contribution in [0.2, 0.25) is 0 Å². The van der Waals surface area contributed by atoms with Gasteiger partial charge in [-0.05, 0) is 38.8 Å². The van der Waals surface area contributed by atoms with Crippen molar-refractivity contribution < 1.29 is 9.59 Å². The highest BCUT2D eigenvalue weighted by Gasteiger charge is 2.33.